The number of ketones is 1. The van der Waals surface area contributed by atoms with Gasteiger partial charge in [-0.15, -0.1) is 5.10 Å². The van der Waals surface area contributed by atoms with Crippen LogP contribution in [0.25, 0.3) is 0 Å². The summed E-state index contributed by atoms with van der Waals surface area (Å²) in [6.45, 7) is 6.65. The Bertz CT molecular complexity index is 620. The van der Waals surface area contributed by atoms with Crippen LogP contribution in [0, 0.1) is 0 Å². The van der Waals surface area contributed by atoms with Crippen molar-refractivity contribution in [2.75, 3.05) is 0 Å². The van der Waals surface area contributed by atoms with Gasteiger partial charge in [0.05, 0.1) is 28.5 Å². The molecule has 0 aliphatic rings. The third-order valence-electron chi connectivity index (χ3n) is 3.17. The number of halogens is 1. The van der Waals surface area contributed by atoms with E-state index in [-0.39, 0.29) is 12.2 Å². The van der Waals surface area contributed by atoms with Gasteiger partial charge in [0.15, 0.2) is 5.78 Å². The monoisotopic (exact) mass is 312 g/mol. The van der Waals surface area contributed by atoms with Crippen molar-refractivity contribution in [1.29, 1.82) is 0 Å². The van der Waals surface area contributed by atoms with E-state index < -0.39 is 0 Å². The molecule has 0 spiro atoms. The summed E-state index contributed by atoms with van der Waals surface area (Å²) in [6, 6.07) is 0. The highest BCUT2D eigenvalue weighted by atomic mass is 35.5. The standard InChI is InChI=1S/C13H17ClN4OS/c1-4-8-12(14)10(18(6-3)16-8)7-11(19)13-9(5-2)15-17-20-13/h4-7H2,1-3H3. The fourth-order valence-corrected chi connectivity index (χ4v) is 3.09. The topological polar surface area (TPSA) is 60.7 Å². The summed E-state index contributed by atoms with van der Waals surface area (Å²) in [5.74, 6) is 0.0102. The van der Waals surface area contributed by atoms with E-state index in [9.17, 15) is 4.79 Å². The molecule has 0 fully saturated rings. The Hall–Kier alpha value is -1.27. The Kier molecular flexibility index (Phi) is 4.88. The van der Waals surface area contributed by atoms with E-state index in [4.69, 9.17) is 11.6 Å². The molecular weight excluding hydrogens is 296 g/mol. The molecule has 2 heterocycles. The lowest BCUT2D eigenvalue weighted by molar-refractivity contribution is 0.0993. The second-order valence-electron chi connectivity index (χ2n) is 4.38. The summed E-state index contributed by atoms with van der Waals surface area (Å²) in [6.07, 6.45) is 1.71. The molecule has 0 aliphatic carbocycles. The maximum Gasteiger partial charge on any atom is 0.182 e. The third-order valence-corrected chi connectivity index (χ3v) is 4.41. The van der Waals surface area contributed by atoms with E-state index >= 15 is 0 Å². The molecule has 0 bridgehead atoms. The van der Waals surface area contributed by atoms with E-state index in [1.54, 1.807) is 4.68 Å². The number of hydrogen-bond acceptors (Lipinski definition) is 5. The summed E-state index contributed by atoms with van der Waals surface area (Å²) in [7, 11) is 0. The van der Waals surface area contributed by atoms with Crippen molar-refractivity contribution >= 4 is 28.9 Å². The van der Waals surface area contributed by atoms with Crippen LogP contribution in [0.3, 0.4) is 0 Å². The van der Waals surface area contributed by atoms with Gasteiger partial charge in [-0.3, -0.25) is 9.48 Å². The minimum Gasteiger partial charge on any atom is -0.293 e. The average molecular weight is 313 g/mol. The van der Waals surface area contributed by atoms with Crippen LogP contribution in [0.15, 0.2) is 0 Å². The Labute approximate surface area is 127 Å². The normalized spacial score (nSPS) is 11.0. The first-order chi connectivity index (χ1) is 9.62. The Morgan fingerprint density at radius 2 is 1.95 bits per heavy atom. The number of carbonyl (C=O) groups excluding carboxylic acids is 1. The molecule has 0 saturated heterocycles. The van der Waals surface area contributed by atoms with Crippen LogP contribution in [0.4, 0.5) is 0 Å². The molecule has 7 heteroatoms. The molecule has 0 atom stereocenters. The summed E-state index contributed by atoms with van der Waals surface area (Å²) < 4.78 is 5.66. The molecule has 108 valence electrons. The Morgan fingerprint density at radius 3 is 2.55 bits per heavy atom. The summed E-state index contributed by atoms with van der Waals surface area (Å²) >= 11 is 7.47. The Morgan fingerprint density at radius 1 is 1.25 bits per heavy atom. The summed E-state index contributed by atoms with van der Waals surface area (Å²) in [4.78, 5) is 13.0. The second-order valence-corrected chi connectivity index (χ2v) is 5.51. The molecule has 0 aliphatic heterocycles. The molecule has 0 radical (unpaired) electrons. The molecule has 20 heavy (non-hydrogen) atoms. The number of hydrogen-bond donors (Lipinski definition) is 0. The fraction of sp³-hybridized carbons (Fsp3) is 0.538. The van der Waals surface area contributed by atoms with Gasteiger partial charge in [-0.2, -0.15) is 5.10 Å². The number of Topliss-reactive ketones (excluding diaryl/α,β-unsaturated/α-hetero) is 1. The van der Waals surface area contributed by atoms with Crippen molar-refractivity contribution in [2.24, 2.45) is 0 Å². The van der Waals surface area contributed by atoms with Gasteiger partial charge in [0, 0.05) is 6.54 Å². The lowest BCUT2D eigenvalue weighted by Crippen LogP contribution is -2.10. The largest absolute Gasteiger partial charge is 0.293 e. The van der Waals surface area contributed by atoms with E-state index in [0.29, 0.717) is 22.9 Å². The minimum absolute atomic E-state index is 0.0102. The van der Waals surface area contributed by atoms with E-state index in [2.05, 4.69) is 14.7 Å². The van der Waals surface area contributed by atoms with Gasteiger partial charge >= 0.3 is 0 Å². The molecule has 2 aromatic heterocycles. The highest BCUT2D eigenvalue weighted by Gasteiger charge is 2.21. The molecule has 0 amide bonds. The molecule has 2 aromatic rings. The highest BCUT2D eigenvalue weighted by Crippen LogP contribution is 2.24. The van der Waals surface area contributed by atoms with Gasteiger partial charge in [-0.1, -0.05) is 29.9 Å². The van der Waals surface area contributed by atoms with Gasteiger partial charge in [-0.05, 0) is 31.3 Å². The number of aryl methyl sites for hydroxylation is 3. The Balaban J connectivity index is 2.30. The van der Waals surface area contributed by atoms with Gasteiger partial charge < -0.3 is 0 Å². The van der Waals surface area contributed by atoms with Crippen molar-refractivity contribution in [3.63, 3.8) is 0 Å². The molecule has 5 nitrogen and oxygen atoms in total. The third kappa shape index (κ3) is 2.76. The number of rotatable bonds is 6. The van der Waals surface area contributed by atoms with Crippen LogP contribution in [0.5, 0.6) is 0 Å². The van der Waals surface area contributed by atoms with Crippen LogP contribution >= 0.6 is 23.1 Å². The first kappa shape index (κ1) is 15.1. The zero-order chi connectivity index (χ0) is 14.7. The lowest BCUT2D eigenvalue weighted by Gasteiger charge is -2.04. The van der Waals surface area contributed by atoms with Gasteiger partial charge in [-0.25, -0.2) is 0 Å². The van der Waals surface area contributed by atoms with E-state index in [1.807, 2.05) is 20.8 Å². The molecule has 2 rings (SSSR count). The van der Waals surface area contributed by atoms with Gasteiger partial charge in [0.2, 0.25) is 0 Å². The van der Waals surface area contributed by atoms with Crippen molar-refractivity contribution in [1.82, 2.24) is 19.4 Å². The van der Waals surface area contributed by atoms with Gasteiger partial charge in [0.1, 0.15) is 4.88 Å². The van der Waals surface area contributed by atoms with Crippen LogP contribution < -0.4 is 0 Å². The zero-order valence-electron chi connectivity index (χ0n) is 11.8. The van der Waals surface area contributed by atoms with Crippen LogP contribution in [-0.4, -0.2) is 25.2 Å². The SMILES string of the molecule is CCc1nnsc1C(=O)Cc1c(Cl)c(CC)nn1CC. The number of carbonyl (C=O) groups is 1. The van der Waals surface area contributed by atoms with E-state index in [0.717, 1.165) is 35.0 Å². The molecule has 0 saturated carbocycles. The molecule has 0 aromatic carbocycles. The van der Waals surface area contributed by atoms with Crippen molar-refractivity contribution in [3.05, 3.63) is 27.0 Å². The van der Waals surface area contributed by atoms with Crippen LogP contribution in [0.2, 0.25) is 5.02 Å². The maximum absolute atomic E-state index is 12.4. The quantitative estimate of drug-likeness (QED) is 0.769. The van der Waals surface area contributed by atoms with Crippen LogP contribution in [-0.2, 0) is 25.8 Å². The van der Waals surface area contributed by atoms with Crippen molar-refractivity contribution < 1.29 is 4.79 Å². The van der Waals surface area contributed by atoms with Crippen LogP contribution in [0.1, 0.15) is 47.5 Å². The van der Waals surface area contributed by atoms with E-state index in [1.165, 1.54) is 0 Å². The summed E-state index contributed by atoms with van der Waals surface area (Å²) in [5, 5.41) is 9.01. The maximum atomic E-state index is 12.4. The zero-order valence-corrected chi connectivity index (χ0v) is 13.4. The fourth-order valence-electron chi connectivity index (χ4n) is 2.07. The first-order valence-electron chi connectivity index (χ1n) is 6.70. The number of aromatic nitrogens is 4. The number of nitrogens with zero attached hydrogens (tertiary/aromatic N) is 4. The summed E-state index contributed by atoms with van der Waals surface area (Å²) in [5.41, 5.74) is 2.38. The predicted molar refractivity (Wildman–Crippen MR) is 79.6 cm³/mol. The molecular formula is C13H17ClN4OS. The second kappa shape index (κ2) is 6.45. The average Bonchev–Trinajstić information content (AvgIpc) is 3.04. The van der Waals surface area contributed by atoms with Gasteiger partial charge in [0.25, 0.3) is 0 Å². The minimum atomic E-state index is 0.0102. The van der Waals surface area contributed by atoms with Crippen molar-refractivity contribution in [2.45, 2.75) is 46.6 Å². The lowest BCUT2D eigenvalue weighted by atomic mass is 10.1. The van der Waals surface area contributed by atoms with Crippen molar-refractivity contribution in [3.8, 4) is 0 Å². The molecule has 0 N–H and O–H groups in total. The highest BCUT2D eigenvalue weighted by molar-refractivity contribution is 7.08. The smallest absolute Gasteiger partial charge is 0.182 e. The predicted octanol–water partition coefficient (Wildman–Crippen LogP) is 2.96. The first-order valence-corrected chi connectivity index (χ1v) is 7.85. The molecule has 0 unspecified atom stereocenters.